The number of carbonyl (C=O) groups is 4. The molecule has 2 aliphatic heterocycles. The summed E-state index contributed by atoms with van der Waals surface area (Å²) >= 11 is 2.45. The van der Waals surface area contributed by atoms with Gasteiger partial charge in [-0.05, 0) is 33.7 Å². The number of aliphatic carboxylic acids is 1. The molecule has 0 aliphatic carbocycles. The molecule has 0 saturated carbocycles. The molecule has 1 saturated heterocycles. The van der Waals surface area contributed by atoms with Crippen molar-refractivity contribution in [2.75, 3.05) is 29.6 Å². The lowest BCUT2D eigenvalue weighted by molar-refractivity contribution is -0.150. The molecule has 40 heavy (non-hydrogen) atoms. The highest BCUT2D eigenvalue weighted by molar-refractivity contribution is 8.01. The minimum Gasteiger partial charge on any atom is -0.477 e. The molecule has 2 aromatic rings. The fraction of sp³-hybridized carbons (Fsp3) is 0.381. The van der Waals surface area contributed by atoms with Crippen LogP contribution in [0.15, 0.2) is 40.7 Å². The van der Waals surface area contributed by atoms with E-state index in [1.165, 1.54) is 22.5 Å². The van der Waals surface area contributed by atoms with E-state index in [0.29, 0.717) is 28.4 Å². The smallest absolute Gasteiger partial charge is 0.352 e. The predicted octanol–water partition coefficient (Wildman–Crippen LogP) is -1.68. The summed E-state index contributed by atoms with van der Waals surface area (Å²) in [6.45, 7) is 0.230. The predicted molar refractivity (Wildman–Crippen MR) is 144 cm³/mol. The van der Waals surface area contributed by atoms with Gasteiger partial charge in [0.1, 0.15) is 23.2 Å². The molecule has 1 fully saturated rings. The van der Waals surface area contributed by atoms with E-state index in [1.54, 1.807) is 18.2 Å². The Labute approximate surface area is 236 Å². The van der Waals surface area contributed by atoms with E-state index in [4.69, 9.17) is 5.73 Å². The second-order valence-corrected chi connectivity index (χ2v) is 12.5. The quantitative estimate of drug-likeness (QED) is 0.0969. The van der Waals surface area contributed by atoms with Crippen LogP contribution in [0.25, 0.3) is 0 Å². The second-order valence-electron chi connectivity index (χ2n) is 8.66. The number of aromatic nitrogens is 4. The molecular weight excluding hydrogens is 586 g/mol. The monoisotopic (exact) mass is 611 g/mol. The number of rotatable bonds is 13. The molecule has 3 amide bonds. The summed E-state index contributed by atoms with van der Waals surface area (Å²) in [6.07, 6.45) is 1.53. The van der Waals surface area contributed by atoms with Crippen molar-refractivity contribution in [2.45, 2.75) is 29.2 Å². The van der Waals surface area contributed by atoms with Gasteiger partial charge in [0.2, 0.25) is 27.5 Å². The third-order valence-electron chi connectivity index (χ3n) is 5.86. The standard InChI is InChI=1S/C21H25N9O7S3/c1-40(36,37)24-5-6-29-21(26-27-28-29)39-9-12-8-38-19-15(18(33)30(19)16(12)20(34)35)25-17(32)14(22)11-3-2-4-13(7-11)23-10-31/h2-4,7,10,14-15,19,24H,5-6,8-9,22H2,1H3,(H,23,31)(H,25,32)(H,34,35)/t14?,15-,19-/m1/s1. The number of amides is 3. The lowest BCUT2D eigenvalue weighted by atomic mass is 10.0. The molecule has 6 N–H and O–H groups in total. The summed E-state index contributed by atoms with van der Waals surface area (Å²) in [4.78, 5) is 49.8. The van der Waals surface area contributed by atoms with Crippen LogP contribution in [0.3, 0.4) is 0 Å². The maximum Gasteiger partial charge on any atom is 0.352 e. The van der Waals surface area contributed by atoms with E-state index >= 15 is 0 Å². The molecule has 1 aromatic heterocycles. The van der Waals surface area contributed by atoms with Gasteiger partial charge in [-0.2, -0.15) is 0 Å². The maximum atomic E-state index is 13.0. The van der Waals surface area contributed by atoms with Crippen molar-refractivity contribution in [3.05, 3.63) is 41.1 Å². The molecule has 3 heterocycles. The van der Waals surface area contributed by atoms with Crippen LogP contribution in [0.1, 0.15) is 11.6 Å². The number of sulfonamides is 1. The average molecular weight is 612 g/mol. The molecule has 1 aromatic carbocycles. The summed E-state index contributed by atoms with van der Waals surface area (Å²) in [6, 6.07) is 4.31. The van der Waals surface area contributed by atoms with Crippen LogP contribution >= 0.6 is 23.5 Å². The molecule has 214 valence electrons. The number of carboxylic acids is 1. The number of anilines is 1. The normalized spacial score (nSPS) is 19.4. The number of benzene rings is 1. The summed E-state index contributed by atoms with van der Waals surface area (Å²) in [5, 5.41) is 26.0. The average Bonchev–Trinajstić information content (AvgIpc) is 3.36. The Bertz CT molecular complexity index is 1460. The third-order valence-corrected chi connectivity index (χ3v) is 8.98. The number of β-lactam (4-membered cyclic amide) rings is 1. The largest absolute Gasteiger partial charge is 0.477 e. The highest BCUT2D eigenvalue weighted by Crippen LogP contribution is 2.41. The van der Waals surface area contributed by atoms with E-state index < -0.39 is 45.3 Å². The van der Waals surface area contributed by atoms with Gasteiger partial charge in [0.05, 0.1) is 12.8 Å². The van der Waals surface area contributed by atoms with Crippen molar-refractivity contribution >= 4 is 63.4 Å². The van der Waals surface area contributed by atoms with Gasteiger partial charge in [0.25, 0.3) is 5.91 Å². The number of fused-ring (bicyclic) bond motifs is 1. The fourth-order valence-corrected chi connectivity index (χ4v) is 6.86. The molecule has 16 nitrogen and oxygen atoms in total. The molecule has 0 spiro atoms. The second kappa shape index (κ2) is 12.3. The summed E-state index contributed by atoms with van der Waals surface area (Å²) < 4.78 is 26.3. The number of carboxylic acid groups (broad SMARTS) is 1. The Hall–Kier alpha value is -3.52. The minimum atomic E-state index is -3.38. The Balaban J connectivity index is 1.41. The summed E-state index contributed by atoms with van der Waals surface area (Å²) in [5.74, 6) is -2.05. The molecule has 4 rings (SSSR count). The lowest BCUT2D eigenvalue weighted by Crippen LogP contribution is -2.71. The van der Waals surface area contributed by atoms with Crippen molar-refractivity contribution < 1.29 is 32.7 Å². The summed E-state index contributed by atoms with van der Waals surface area (Å²) in [5.41, 5.74) is 7.25. The van der Waals surface area contributed by atoms with Gasteiger partial charge in [0, 0.05) is 23.7 Å². The number of nitrogens with zero attached hydrogens (tertiary/aromatic N) is 5. The first kappa shape index (κ1) is 29.5. The third kappa shape index (κ3) is 6.61. The van der Waals surface area contributed by atoms with Crippen LogP contribution in [0.5, 0.6) is 0 Å². The van der Waals surface area contributed by atoms with Gasteiger partial charge < -0.3 is 21.5 Å². The van der Waals surface area contributed by atoms with E-state index in [1.807, 2.05) is 0 Å². The van der Waals surface area contributed by atoms with Gasteiger partial charge in [-0.15, -0.1) is 16.9 Å². The van der Waals surface area contributed by atoms with Crippen LogP contribution in [-0.2, 0) is 35.7 Å². The molecule has 2 aliphatic rings. The lowest BCUT2D eigenvalue weighted by Gasteiger charge is -2.49. The molecule has 3 atom stereocenters. The number of thioether (sulfide) groups is 2. The molecule has 19 heteroatoms. The van der Waals surface area contributed by atoms with Crippen LogP contribution in [0.4, 0.5) is 5.69 Å². The Morgan fingerprint density at radius 3 is 2.85 bits per heavy atom. The topological polar surface area (TPSA) is 232 Å². The Kier molecular flexibility index (Phi) is 9.08. The van der Waals surface area contributed by atoms with Gasteiger partial charge >= 0.3 is 5.97 Å². The van der Waals surface area contributed by atoms with Crippen LogP contribution in [-0.4, -0.2) is 98.5 Å². The fourth-order valence-electron chi connectivity index (χ4n) is 4.01. The number of nitrogens with one attached hydrogen (secondary N) is 3. The number of tetrazole rings is 1. The Morgan fingerprint density at radius 1 is 1.38 bits per heavy atom. The maximum absolute atomic E-state index is 13.0. The van der Waals surface area contributed by atoms with Gasteiger partial charge in [-0.3, -0.25) is 19.3 Å². The van der Waals surface area contributed by atoms with Crippen LogP contribution in [0.2, 0.25) is 0 Å². The molecule has 0 radical (unpaired) electrons. The first-order valence-electron chi connectivity index (χ1n) is 11.6. The number of nitrogens with two attached hydrogens (primary N) is 1. The van der Waals surface area contributed by atoms with E-state index in [2.05, 4.69) is 30.9 Å². The number of hydrogen-bond acceptors (Lipinski definition) is 12. The van der Waals surface area contributed by atoms with E-state index in [0.717, 1.165) is 22.9 Å². The molecule has 1 unspecified atom stereocenters. The van der Waals surface area contributed by atoms with Crippen molar-refractivity contribution in [3.8, 4) is 0 Å². The summed E-state index contributed by atoms with van der Waals surface area (Å²) in [7, 11) is -3.38. The first-order valence-corrected chi connectivity index (χ1v) is 15.5. The highest BCUT2D eigenvalue weighted by atomic mass is 32.2. The minimum absolute atomic E-state index is 0.0676. The van der Waals surface area contributed by atoms with E-state index in [-0.39, 0.29) is 30.3 Å². The molecule has 0 bridgehead atoms. The first-order chi connectivity index (χ1) is 19.0. The van der Waals surface area contributed by atoms with Gasteiger partial charge in [-0.25, -0.2) is 22.6 Å². The zero-order valence-electron chi connectivity index (χ0n) is 20.9. The number of carbonyl (C=O) groups excluding carboxylic acids is 3. The zero-order valence-corrected chi connectivity index (χ0v) is 23.3. The SMILES string of the molecule is CS(=O)(=O)NCCn1nnnc1SCC1=C(C(=O)O)N2C(=O)[C@@H](NC(=O)C(N)c3cccc(NC=O)c3)[C@H]2SC1. The number of hydrogen-bond donors (Lipinski definition) is 5. The van der Waals surface area contributed by atoms with Crippen LogP contribution < -0.4 is 21.1 Å². The van der Waals surface area contributed by atoms with Crippen LogP contribution in [0, 0.1) is 0 Å². The van der Waals surface area contributed by atoms with Crippen molar-refractivity contribution in [1.82, 2.24) is 35.1 Å². The molecular formula is C21H25N9O7S3. The van der Waals surface area contributed by atoms with Crippen molar-refractivity contribution in [3.63, 3.8) is 0 Å². The zero-order chi connectivity index (χ0) is 29.0. The van der Waals surface area contributed by atoms with Gasteiger partial charge in [-0.1, -0.05) is 23.9 Å². The van der Waals surface area contributed by atoms with Crippen molar-refractivity contribution in [1.29, 1.82) is 0 Å². The Morgan fingerprint density at radius 2 is 2.15 bits per heavy atom. The highest BCUT2D eigenvalue weighted by Gasteiger charge is 2.54. The van der Waals surface area contributed by atoms with Gasteiger partial charge in [0.15, 0.2) is 0 Å². The van der Waals surface area contributed by atoms with Crippen molar-refractivity contribution in [2.24, 2.45) is 5.73 Å². The van der Waals surface area contributed by atoms with E-state index in [9.17, 15) is 32.7 Å².